The quantitative estimate of drug-likeness (QED) is 0.923. The number of anilines is 1. The molecular weight excluding hydrogens is 282 g/mol. The minimum atomic E-state index is 0.876. The number of halogens is 1. The van der Waals surface area contributed by atoms with E-state index >= 15 is 0 Å². The fraction of sp³-hybridized carbons (Fsp3) is 0.647. The average molecular weight is 308 g/mol. The first-order valence-electron chi connectivity index (χ1n) is 8.25. The first kappa shape index (κ1) is 15.1. The molecule has 2 fully saturated rings. The van der Waals surface area contributed by atoms with Crippen LogP contribution in [-0.4, -0.2) is 50.7 Å². The Morgan fingerprint density at radius 2 is 1.76 bits per heavy atom. The third kappa shape index (κ3) is 4.12. The van der Waals surface area contributed by atoms with Gasteiger partial charge in [0, 0.05) is 26.2 Å². The molecule has 21 heavy (non-hydrogen) atoms. The normalized spacial score (nSPS) is 21.7. The highest BCUT2D eigenvalue weighted by Gasteiger charge is 2.20. The van der Waals surface area contributed by atoms with Crippen LogP contribution in [0.25, 0.3) is 0 Å². The molecule has 2 aliphatic rings. The van der Waals surface area contributed by atoms with Crippen LogP contribution in [0.15, 0.2) is 24.3 Å². The molecule has 0 aromatic heterocycles. The number of para-hydroxylation sites is 1. The summed E-state index contributed by atoms with van der Waals surface area (Å²) in [7, 11) is 0. The Kier molecular flexibility index (Phi) is 5.39. The lowest BCUT2D eigenvalue weighted by Crippen LogP contribution is -2.47. The van der Waals surface area contributed by atoms with Gasteiger partial charge in [0.25, 0.3) is 0 Å². The molecule has 0 amide bonds. The highest BCUT2D eigenvalue weighted by molar-refractivity contribution is 6.33. The van der Waals surface area contributed by atoms with Crippen molar-refractivity contribution in [2.45, 2.75) is 19.3 Å². The van der Waals surface area contributed by atoms with E-state index in [4.69, 9.17) is 11.6 Å². The summed E-state index contributed by atoms with van der Waals surface area (Å²) in [6, 6.07) is 8.19. The lowest BCUT2D eigenvalue weighted by Gasteiger charge is -2.37. The van der Waals surface area contributed by atoms with E-state index in [1.807, 2.05) is 12.1 Å². The second kappa shape index (κ2) is 7.48. The summed E-state index contributed by atoms with van der Waals surface area (Å²) in [5, 5.41) is 4.32. The summed E-state index contributed by atoms with van der Waals surface area (Å²) in [6.45, 7) is 8.20. The van der Waals surface area contributed by atoms with Gasteiger partial charge in [0.1, 0.15) is 0 Å². The first-order valence-corrected chi connectivity index (χ1v) is 8.63. The molecule has 0 saturated carbocycles. The van der Waals surface area contributed by atoms with Crippen molar-refractivity contribution in [2.24, 2.45) is 5.92 Å². The Morgan fingerprint density at radius 1 is 1.05 bits per heavy atom. The number of benzene rings is 1. The zero-order chi connectivity index (χ0) is 14.5. The van der Waals surface area contributed by atoms with Crippen molar-refractivity contribution in [1.29, 1.82) is 0 Å². The van der Waals surface area contributed by atoms with Gasteiger partial charge in [0.05, 0.1) is 10.7 Å². The summed E-state index contributed by atoms with van der Waals surface area (Å²) in [5.74, 6) is 0.938. The smallest absolute Gasteiger partial charge is 0.0639 e. The molecule has 0 unspecified atom stereocenters. The Morgan fingerprint density at radius 3 is 2.48 bits per heavy atom. The first-order chi connectivity index (χ1) is 10.3. The average Bonchev–Trinajstić information content (AvgIpc) is 2.55. The van der Waals surface area contributed by atoms with E-state index in [0.717, 1.165) is 37.1 Å². The van der Waals surface area contributed by atoms with E-state index in [9.17, 15) is 0 Å². The fourth-order valence-corrected chi connectivity index (χ4v) is 3.71. The SMILES string of the molecule is Clc1ccccc1N1CCN(CCC2CCNCC2)CC1. The van der Waals surface area contributed by atoms with Crippen LogP contribution in [0.1, 0.15) is 19.3 Å². The van der Waals surface area contributed by atoms with Crippen LogP contribution in [0, 0.1) is 5.92 Å². The highest BCUT2D eigenvalue weighted by atomic mass is 35.5. The molecule has 0 atom stereocenters. The predicted molar refractivity (Wildman–Crippen MR) is 90.3 cm³/mol. The molecule has 1 N–H and O–H groups in total. The van der Waals surface area contributed by atoms with Crippen LogP contribution >= 0.6 is 11.6 Å². The van der Waals surface area contributed by atoms with Crippen molar-refractivity contribution in [3.8, 4) is 0 Å². The van der Waals surface area contributed by atoms with Gasteiger partial charge in [-0.3, -0.25) is 4.90 Å². The molecule has 2 aliphatic heterocycles. The fourth-order valence-electron chi connectivity index (χ4n) is 3.46. The van der Waals surface area contributed by atoms with Crippen LogP contribution in [0.3, 0.4) is 0 Å². The summed E-state index contributed by atoms with van der Waals surface area (Å²) >= 11 is 6.30. The molecule has 0 radical (unpaired) electrons. The maximum atomic E-state index is 6.30. The van der Waals surface area contributed by atoms with Gasteiger partial charge in [0.15, 0.2) is 0 Å². The van der Waals surface area contributed by atoms with Gasteiger partial charge < -0.3 is 10.2 Å². The Labute approximate surface area is 133 Å². The predicted octanol–water partition coefficient (Wildman–Crippen LogP) is 2.85. The van der Waals surface area contributed by atoms with Crippen LogP contribution in [0.2, 0.25) is 5.02 Å². The largest absolute Gasteiger partial charge is 0.368 e. The van der Waals surface area contributed by atoms with Gasteiger partial charge in [-0.25, -0.2) is 0 Å². The Balaban J connectivity index is 1.43. The van der Waals surface area contributed by atoms with E-state index < -0.39 is 0 Å². The molecule has 3 nitrogen and oxygen atoms in total. The molecule has 2 saturated heterocycles. The van der Waals surface area contributed by atoms with Crippen molar-refractivity contribution in [2.75, 3.05) is 50.7 Å². The van der Waals surface area contributed by atoms with Gasteiger partial charge >= 0.3 is 0 Å². The van der Waals surface area contributed by atoms with Gasteiger partial charge in [-0.2, -0.15) is 0 Å². The lowest BCUT2D eigenvalue weighted by molar-refractivity contribution is 0.224. The number of nitrogens with one attached hydrogen (secondary N) is 1. The molecule has 1 aromatic rings. The molecule has 0 spiro atoms. The number of piperidine rings is 1. The zero-order valence-corrected chi connectivity index (χ0v) is 13.5. The number of hydrogen-bond acceptors (Lipinski definition) is 3. The Hall–Kier alpha value is -0.770. The second-order valence-corrected chi connectivity index (χ2v) is 6.67. The van der Waals surface area contributed by atoms with E-state index in [-0.39, 0.29) is 0 Å². The molecule has 2 heterocycles. The molecule has 116 valence electrons. The number of piperazine rings is 1. The van der Waals surface area contributed by atoms with Crippen molar-refractivity contribution >= 4 is 17.3 Å². The van der Waals surface area contributed by atoms with Crippen LogP contribution in [-0.2, 0) is 0 Å². The van der Waals surface area contributed by atoms with Gasteiger partial charge in [0.2, 0.25) is 0 Å². The van der Waals surface area contributed by atoms with E-state index in [2.05, 4.69) is 27.2 Å². The number of nitrogens with zero attached hydrogens (tertiary/aromatic N) is 2. The third-order valence-corrected chi connectivity index (χ3v) is 5.20. The molecule has 3 rings (SSSR count). The van der Waals surface area contributed by atoms with Gasteiger partial charge in [-0.15, -0.1) is 0 Å². The lowest BCUT2D eigenvalue weighted by atomic mass is 9.94. The molecule has 0 bridgehead atoms. The third-order valence-electron chi connectivity index (χ3n) is 4.88. The van der Waals surface area contributed by atoms with E-state index in [0.29, 0.717) is 0 Å². The summed E-state index contributed by atoms with van der Waals surface area (Å²) in [6.07, 6.45) is 4.09. The molecule has 0 aliphatic carbocycles. The minimum Gasteiger partial charge on any atom is -0.368 e. The van der Waals surface area contributed by atoms with Crippen molar-refractivity contribution in [1.82, 2.24) is 10.2 Å². The molecular formula is C17H26ClN3. The summed E-state index contributed by atoms with van der Waals surface area (Å²) < 4.78 is 0. The Bertz CT molecular complexity index is 437. The topological polar surface area (TPSA) is 18.5 Å². The maximum Gasteiger partial charge on any atom is 0.0639 e. The summed E-state index contributed by atoms with van der Waals surface area (Å²) in [5.41, 5.74) is 1.19. The number of rotatable bonds is 4. The molecule has 1 aromatic carbocycles. The van der Waals surface area contributed by atoms with E-state index in [1.165, 1.54) is 44.6 Å². The van der Waals surface area contributed by atoms with E-state index in [1.54, 1.807) is 0 Å². The minimum absolute atomic E-state index is 0.876. The van der Waals surface area contributed by atoms with Crippen molar-refractivity contribution in [3.05, 3.63) is 29.3 Å². The highest BCUT2D eigenvalue weighted by Crippen LogP contribution is 2.26. The standard InChI is InChI=1S/C17H26ClN3/c18-16-3-1-2-4-17(16)21-13-11-20(12-14-21)10-7-15-5-8-19-9-6-15/h1-4,15,19H,5-14H2. The summed E-state index contributed by atoms with van der Waals surface area (Å²) in [4.78, 5) is 5.04. The van der Waals surface area contributed by atoms with Crippen molar-refractivity contribution < 1.29 is 0 Å². The van der Waals surface area contributed by atoms with Gasteiger partial charge in [-0.1, -0.05) is 23.7 Å². The van der Waals surface area contributed by atoms with Crippen LogP contribution < -0.4 is 10.2 Å². The van der Waals surface area contributed by atoms with Crippen LogP contribution in [0.4, 0.5) is 5.69 Å². The second-order valence-electron chi connectivity index (χ2n) is 6.26. The molecule has 4 heteroatoms. The van der Waals surface area contributed by atoms with Crippen molar-refractivity contribution in [3.63, 3.8) is 0 Å². The maximum absolute atomic E-state index is 6.30. The zero-order valence-electron chi connectivity index (χ0n) is 12.7. The van der Waals surface area contributed by atoms with Gasteiger partial charge in [-0.05, 0) is 56.9 Å². The number of hydrogen-bond donors (Lipinski definition) is 1. The van der Waals surface area contributed by atoms with Crippen LogP contribution in [0.5, 0.6) is 0 Å². The monoisotopic (exact) mass is 307 g/mol.